The number of aryl methyl sites for hydroxylation is 2. The van der Waals surface area contributed by atoms with Gasteiger partial charge in [-0.05, 0) is 127 Å². The van der Waals surface area contributed by atoms with Crippen LogP contribution < -0.4 is 4.74 Å². The Hall–Kier alpha value is -2.03. The zero-order valence-corrected chi connectivity index (χ0v) is 45.7. The first kappa shape index (κ1) is 58.1. The average molecular weight is 940 g/mol. The average Bonchev–Trinajstić information content (AvgIpc) is 3.17. The maximum absolute atomic E-state index is 10.7. The number of halogens is 2. The van der Waals surface area contributed by atoms with Gasteiger partial charge in [-0.2, -0.15) is 0 Å². The fraction of sp³-hybridized carbons (Fsp3) is 0.684. The van der Waals surface area contributed by atoms with Gasteiger partial charge >= 0.3 is 0 Å². The van der Waals surface area contributed by atoms with E-state index in [0.717, 1.165) is 85.1 Å². The number of phenols is 3. The van der Waals surface area contributed by atoms with E-state index in [0.29, 0.717) is 17.2 Å². The van der Waals surface area contributed by atoms with Gasteiger partial charge in [0, 0.05) is 28.9 Å². The van der Waals surface area contributed by atoms with Gasteiger partial charge < -0.3 is 20.1 Å². The highest BCUT2D eigenvalue weighted by Crippen LogP contribution is 2.53. The number of benzene rings is 2. The quantitative estimate of drug-likeness (QED) is 0.0603. The molecule has 0 radical (unpaired) electrons. The van der Waals surface area contributed by atoms with E-state index in [1.54, 1.807) is 15.8 Å². The number of fused-ring (bicyclic) bond motifs is 3. The van der Waals surface area contributed by atoms with Crippen LogP contribution in [0.5, 0.6) is 23.0 Å². The van der Waals surface area contributed by atoms with Crippen LogP contribution >= 0.6 is 23.2 Å². The van der Waals surface area contributed by atoms with Crippen LogP contribution in [-0.2, 0) is 12.8 Å². The molecule has 1 heterocycles. The lowest BCUT2D eigenvalue weighted by atomic mass is 9.68. The van der Waals surface area contributed by atoms with Crippen LogP contribution in [0.15, 0.2) is 59.7 Å². The summed E-state index contributed by atoms with van der Waals surface area (Å²) in [5, 5.41) is 36.8. The van der Waals surface area contributed by atoms with Crippen LogP contribution in [0, 0.1) is 29.6 Å². The number of ether oxygens (including phenoxy) is 1. The number of unbranched alkanes of at least 4 members (excludes halogenated alkanes) is 6. The predicted molar refractivity (Wildman–Crippen MR) is 283 cm³/mol. The van der Waals surface area contributed by atoms with Crippen LogP contribution in [0.2, 0.25) is 15.8 Å². The molecule has 0 fully saturated rings. The highest BCUT2D eigenvalue weighted by atomic mass is 35.5. The topological polar surface area (TPSA) is 69.9 Å². The highest BCUT2D eigenvalue weighted by molar-refractivity contribution is 6.58. The van der Waals surface area contributed by atoms with Crippen LogP contribution in [-0.4, -0.2) is 40.4 Å². The standard InChI is InChI=1S/2C22H32O2.3C4H9.CH2Cl2.Al/c1-5-6-7-8-9-16-13-19(23)21-17-12-15(2)10-11-18(17)22(3,4)24-20(21)14-16;1-5-6-7-8-9-17-13-20(23)22(21(24)14-17)19-12-16(4)10-11-18(19)15(2)3;3*1-4(2)3;2-1-3;/h12-14,17-18,23H,5-11H2,1-4H3;12-14,18-19,23-24H,2,5-11H2,1,3-4H3;3*4H,1H2,2-3H3;1H2;/t17-,18-;18-,19+;;;;;/m01...../s1. The largest absolute Gasteiger partial charge is 0.507 e. The summed E-state index contributed by atoms with van der Waals surface area (Å²) in [6, 6.07) is 7.83. The maximum atomic E-state index is 10.7. The monoisotopic (exact) mass is 939 g/mol. The molecule has 2 aromatic rings. The molecule has 64 heavy (non-hydrogen) atoms. The molecule has 2 aliphatic carbocycles. The second-order valence-corrected chi connectivity index (χ2v) is 25.4. The summed E-state index contributed by atoms with van der Waals surface area (Å²) in [5.41, 5.74) is 7.59. The smallest absolute Gasteiger partial charge is 0.262 e. The zero-order valence-electron chi connectivity index (χ0n) is 43.0. The van der Waals surface area contributed by atoms with Crippen molar-refractivity contribution < 1.29 is 20.1 Å². The summed E-state index contributed by atoms with van der Waals surface area (Å²) in [6.45, 7) is 33.6. The number of rotatable bonds is 18. The van der Waals surface area contributed by atoms with Crippen molar-refractivity contribution in [1.82, 2.24) is 0 Å². The van der Waals surface area contributed by atoms with E-state index in [1.807, 2.05) is 25.1 Å². The van der Waals surface area contributed by atoms with Crippen molar-refractivity contribution in [3.63, 3.8) is 0 Å². The molecule has 3 aliphatic rings. The van der Waals surface area contributed by atoms with E-state index in [2.05, 4.69) is 108 Å². The SMILES string of the molecule is C=C(C)[C@H]1CCC(C)=C[C@@H]1c1c(O)cc(CCCCCC)cc1O.CC(C)[CH2][Al]([CH2]C(C)C)[CH2]C(C)C.CCCCCCc1cc(O)c2c(c1)OC(C)(C)[C@H]1CCC(C)=C[C@H]21.ClCCl. The second-order valence-electron chi connectivity index (χ2n) is 21.5. The van der Waals surface area contributed by atoms with Crippen LogP contribution in [0.1, 0.15) is 201 Å². The third kappa shape index (κ3) is 19.7. The Kier molecular flexibility index (Phi) is 26.9. The lowest BCUT2D eigenvalue weighted by Gasteiger charge is -2.46. The summed E-state index contributed by atoms with van der Waals surface area (Å²) < 4.78 is 6.38. The van der Waals surface area contributed by atoms with Crippen molar-refractivity contribution in [2.24, 2.45) is 29.6 Å². The van der Waals surface area contributed by atoms with E-state index in [-0.39, 0.29) is 40.2 Å². The Morgan fingerprint density at radius 1 is 0.688 bits per heavy atom. The summed E-state index contributed by atoms with van der Waals surface area (Å²) in [7, 11) is 0. The Morgan fingerprint density at radius 2 is 1.11 bits per heavy atom. The predicted octanol–water partition coefficient (Wildman–Crippen LogP) is 18.2. The number of allylic oxidation sites excluding steroid dienone is 5. The van der Waals surface area contributed by atoms with Crippen LogP contribution in [0.3, 0.4) is 0 Å². The molecule has 0 aromatic heterocycles. The van der Waals surface area contributed by atoms with Gasteiger partial charge in [-0.3, -0.25) is 0 Å². The molecule has 2 aromatic carbocycles. The zero-order chi connectivity index (χ0) is 48.1. The lowest BCUT2D eigenvalue weighted by Crippen LogP contribution is -2.45. The molecule has 4 atom stereocenters. The van der Waals surface area contributed by atoms with Crippen molar-refractivity contribution >= 4 is 37.4 Å². The minimum atomic E-state index is -0.407. The Balaban J connectivity index is 0.000000334. The minimum Gasteiger partial charge on any atom is -0.507 e. The van der Waals surface area contributed by atoms with Gasteiger partial charge in [0.2, 0.25) is 0 Å². The Labute approximate surface area is 408 Å². The van der Waals surface area contributed by atoms with Gasteiger partial charge in [0.1, 0.15) is 28.6 Å². The minimum absolute atomic E-state index is 0.0189. The van der Waals surface area contributed by atoms with Gasteiger partial charge in [0.25, 0.3) is 14.1 Å². The van der Waals surface area contributed by atoms with Gasteiger partial charge in [0.05, 0.1) is 5.34 Å². The number of aromatic hydroxyl groups is 3. The maximum Gasteiger partial charge on any atom is 0.262 e. The van der Waals surface area contributed by atoms with Crippen molar-refractivity contribution in [3.05, 3.63) is 82.0 Å². The molecule has 0 saturated carbocycles. The Morgan fingerprint density at radius 3 is 1.55 bits per heavy atom. The summed E-state index contributed by atoms with van der Waals surface area (Å²) in [5.74, 6) is 5.57. The third-order valence-corrected chi connectivity index (χ3v) is 18.3. The first-order valence-electron chi connectivity index (χ1n) is 25.4. The van der Waals surface area contributed by atoms with Gasteiger partial charge in [-0.25, -0.2) is 0 Å². The molecule has 1 aliphatic heterocycles. The molecular weight excluding hydrogens is 847 g/mol. The first-order valence-corrected chi connectivity index (χ1v) is 28.9. The van der Waals surface area contributed by atoms with Crippen molar-refractivity contribution in [3.8, 4) is 23.0 Å². The molecule has 0 amide bonds. The van der Waals surface area contributed by atoms with Crippen molar-refractivity contribution in [2.45, 2.75) is 213 Å². The number of phenolic OH excluding ortho intramolecular Hbond substituents is 3. The fourth-order valence-corrected chi connectivity index (χ4v) is 15.2. The molecule has 7 heteroatoms. The van der Waals surface area contributed by atoms with Gasteiger partial charge in [0.15, 0.2) is 0 Å². The molecule has 362 valence electrons. The summed E-state index contributed by atoms with van der Waals surface area (Å²) in [6.07, 6.45) is 20.6. The van der Waals surface area contributed by atoms with Crippen LogP contribution in [0.25, 0.3) is 0 Å². The van der Waals surface area contributed by atoms with Gasteiger partial charge in [-0.1, -0.05) is 163 Å². The number of hydrogen-bond acceptors (Lipinski definition) is 4. The Bertz CT molecular complexity index is 1700. The molecule has 4 nitrogen and oxygen atoms in total. The van der Waals surface area contributed by atoms with Crippen molar-refractivity contribution in [1.29, 1.82) is 0 Å². The normalized spacial score (nSPS) is 19.7. The molecule has 5 rings (SSSR count). The molecule has 0 bridgehead atoms. The van der Waals surface area contributed by atoms with E-state index < -0.39 is 14.1 Å². The second kappa shape index (κ2) is 29.7. The molecular formula is C57H93AlCl2O4. The number of hydrogen-bond donors (Lipinski definition) is 3. The van der Waals surface area contributed by atoms with E-state index in [1.165, 1.54) is 61.7 Å². The highest BCUT2D eigenvalue weighted by Gasteiger charge is 2.45. The van der Waals surface area contributed by atoms with Gasteiger partial charge in [-0.15, -0.1) is 23.2 Å². The molecule has 0 saturated heterocycles. The molecule has 0 unspecified atom stereocenters. The first-order chi connectivity index (χ1) is 30.2. The third-order valence-electron chi connectivity index (χ3n) is 13.5. The number of alkyl halides is 2. The molecule has 0 spiro atoms. The lowest BCUT2D eigenvalue weighted by molar-refractivity contribution is 0.0107. The summed E-state index contributed by atoms with van der Waals surface area (Å²) in [4.78, 5) is 0. The summed E-state index contributed by atoms with van der Waals surface area (Å²) >= 11 is 9.12. The van der Waals surface area contributed by atoms with E-state index >= 15 is 0 Å². The van der Waals surface area contributed by atoms with Crippen LogP contribution in [0.4, 0.5) is 0 Å². The fourth-order valence-electron chi connectivity index (χ4n) is 10.6. The van der Waals surface area contributed by atoms with E-state index in [4.69, 9.17) is 27.9 Å². The molecule has 3 N–H and O–H groups in total. The van der Waals surface area contributed by atoms with E-state index in [9.17, 15) is 15.3 Å². The van der Waals surface area contributed by atoms with Crippen molar-refractivity contribution in [2.75, 3.05) is 5.34 Å².